The zero-order valence-corrected chi connectivity index (χ0v) is 8.76. The van der Waals surface area contributed by atoms with Crippen molar-refractivity contribution < 1.29 is 4.74 Å². The first kappa shape index (κ1) is 9.81. The molecule has 0 aliphatic carbocycles. The van der Waals surface area contributed by atoms with Crippen LogP contribution in [0.4, 0.5) is 0 Å². The number of benzene rings is 1. The highest BCUT2D eigenvalue weighted by molar-refractivity contribution is 6.30. The van der Waals surface area contributed by atoms with E-state index in [1.165, 1.54) is 12.8 Å². The predicted molar refractivity (Wildman–Crippen MR) is 58.0 cm³/mol. The molecule has 1 aromatic rings. The summed E-state index contributed by atoms with van der Waals surface area (Å²) < 4.78 is 5.62. The Kier molecular flexibility index (Phi) is 3.27. The maximum Gasteiger partial charge on any atom is 0.119 e. The van der Waals surface area contributed by atoms with Crippen molar-refractivity contribution in [2.45, 2.75) is 18.9 Å². The van der Waals surface area contributed by atoms with Gasteiger partial charge < -0.3 is 10.1 Å². The minimum Gasteiger partial charge on any atom is -0.492 e. The summed E-state index contributed by atoms with van der Waals surface area (Å²) in [7, 11) is 0. The first-order chi connectivity index (χ1) is 6.84. The minimum atomic E-state index is 0.519. The zero-order chi connectivity index (χ0) is 9.80. The number of halogens is 1. The summed E-state index contributed by atoms with van der Waals surface area (Å²) in [6.45, 7) is 1.87. The van der Waals surface area contributed by atoms with Crippen molar-refractivity contribution >= 4 is 11.6 Å². The Hall–Kier alpha value is -0.730. The molecule has 0 aromatic heterocycles. The van der Waals surface area contributed by atoms with Crippen LogP contribution in [0.25, 0.3) is 0 Å². The van der Waals surface area contributed by atoms with Gasteiger partial charge in [-0.1, -0.05) is 11.6 Å². The van der Waals surface area contributed by atoms with Crippen molar-refractivity contribution in [3.63, 3.8) is 0 Å². The molecule has 1 atom stereocenters. The lowest BCUT2D eigenvalue weighted by molar-refractivity contribution is 0.277. The second-order valence-corrected chi connectivity index (χ2v) is 3.99. The summed E-state index contributed by atoms with van der Waals surface area (Å²) in [5, 5.41) is 4.13. The fourth-order valence-electron chi connectivity index (χ4n) is 1.63. The van der Waals surface area contributed by atoms with E-state index in [1.807, 2.05) is 24.3 Å². The molecule has 2 nitrogen and oxygen atoms in total. The molecule has 1 aliphatic heterocycles. The normalized spacial score (nSPS) is 21.1. The SMILES string of the molecule is Clc1ccc(OC[C@@H]2CCCN2)cc1. The van der Waals surface area contributed by atoms with Gasteiger partial charge in [-0.05, 0) is 43.7 Å². The second kappa shape index (κ2) is 4.67. The van der Waals surface area contributed by atoms with E-state index < -0.39 is 0 Å². The standard InChI is InChI=1S/C11H14ClNO/c12-9-3-5-11(6-4-9)14-8-10-2-1-7-13-10/h3-6,10,13H,1-2,7-8H2/t10-/m0/s1. The van der Waals surface area contributed by atoms with Crippen molar-refractivity contribution in [3.8, 4) is 5.75 Å². The van der Waals surface area contributed by atoms with Crippen LogP contribution in [-0.4, -0.2) is 19.2 Å². The highest BCUT2D eigenvalue weighted by Gasteiger charge is 2.13. The van der Waals surface area contributed by atoms with Crippen LogP contribution in [0.5, 0.6) is 5.75 Å². The van der Waals surface area contributed by atoms with Gasteiger partial charge >= 0.3 is 0 Å². The van der Waals surface area contributed by atoms with Gasteiger partial charge in [0.25, 0.3) is 0 Å². The molecule has 1 fully saturated rings. The summed E-state index contributed by atoms with van der Waals surface area (Å²) in [6, 6.07) is 8.01. The lowest BCUT2D eigenvalue weighted by Gasteiger charge is -2.11. The number of hydrogen-bond acceptors (Lipinski definition) is 2. The zero-order valence-electron chi connectivity index (χ0n) is 8.00. The van der Waals surface area contributed by atoms with Crippen molar-refractivity contribution in [1.29, 1.82) is 0 Å². The van der Waals surface area contributed by atoms with Gasteiger partial charge in [-0.3, -0.25) is 0 Å². The first-order valence-electron chi connectivity index (χ1n) is 4.96. The van der Waals surface area contributed by atoms with Crippen molar-refractivity contribution in [3.05, 3.63) is 29.3 Å². The molecule has 0 radical (unpaired) electrons. The topological polar surface area (TPSA) is 21.3 Å². The molecule has 1 N–H and O–H groups in total. The summed E-state index contributed by atoms with van der Waals surface area (Å²) in [6.07, 6.45) is 2.47. The van der Waals surface area contributed by atoms with Crippen LogP contribution in [0.15, 0.2) is 24.3 Å². The number of ether oxygens (including phenoxy) is 1. The summed E-state index contributed by atoms with van der Waals surface area (Å²) in [5.41, 5.74) is 0. The third-order valence-corrected chi connectivity index (χ3v) is 2.68. The van der Waals surface area contributed by atoms with E-state index in [0.29, 0.717) is 6.04 Å². The van der Waals surface area contributed by atoms with E-state index in [0.717, 1.165) is 23.9 Å². The fourth-order valence-corrected chi connectivity index (χ4v) is 1.75. The molecule has 14 heavy (non-hydrogen) atoms. The number of nitrogens with one attached hydrogen (secondary N) is 1. The van der Waals surface area contributed by atoms with Gasteiger partial charge in [0.2, 0.25) is 0 Å². The lowest BCUT2D eigenvalue weighted by atomic mass is 10.2. The largest absolute Gasteiger partial charge is 0.492 e. The Labute approximate surface area is 89.2 Å². The van der Waals surface area contributed by atoms with Gasteiger partial charge in [0, 0.05) is 11.1 Å². The van der Waals surface area contributed by atoms with Gasteiger partial charge in [0.05, 0.1) is 0 Å². The van der Waals surface area contributed by atoms with Crippen molar-refractivity contribution in [1.82, 2.24) is 5.32 Å². The molecule has 2 rings (SSSR count). The van der Waals surface area contributed by atoms with E-state index in [4.69, 9.17) is 16.3 Å². The van der Waals surface area contributed by atoms with Crippen LogP contribution < -0.4 is 10.1 Å². The molecular weight excluding hydrogens is 198 g/mol. The minimum absolute atomic E-state index is 0.519. The molecule has 1 saturated heterocycles. The molecule has 0 unspecified atom stereocenters. The molecule has 1 heterocycles. The predicted octanol–water partition coefficient (Wildman–Crippen LogP) is 2.47. The van der Waals surface area contributed by atoms with Crippen molar-refractivity contribution in [2.75, 3.05) is 13.2 Å². The van der Waals surface area contributed by atoms with Crippen LogP contribution in [0, 0.1) is 0 Å². The first-order valence-corrected chi connectivity index (χ1v) is 5.34. The van der Waals surface area contributed by atoms with Gasteiger partial charge in [0.1, 0.15) is 12.4 Å². The molecule has 0 saturated carbocycles. The molecule has 76 valence electrons. The molecule has 1 aliphatic rings. The Morgan fingerprint density at radius 1 is 1.36 bits per heavy atom. The molecule has 1 aromatic carbocycles. The molecular formula is C11H14ClNO. The highest BCUT2D eigenvalue weighted by Crippen LogP contribution is 2.16. The monoisotopic (exact) mass is 211 g/mol. The maximum atomic E-state index is 5.77. The van der Waals surface area contributed by atoms with E-state index in [-0.39, 0.29) is 0 Å². The third kappa shape index (κ3) is 2.63. The van der Waals surface area contributed by atoms with Crippen LogP contribution in [0.3, 0.4) is 0 Å². The Bertz CT molecular complexity index is 280. The quantitative estimate of drug-likeness (QED) is 0.830. The molecule has 3 heteroatoms. The van der Waals surface area contributed by atoms with Crippen LogP contribution in [0.1, 0.15) is 12.8 Å². The van der Waals surface area contributed by atoms with Crippen molar-refractivity contribution in [2.24, 2.45) is 0 Å². The summed E-state index contributed by atoms with van der Waals surface area (Å²) >= 11 is 5.77. The smallest absolute Gasteiger partial charge is 0.119 e. The van der Waals surface area contributed by atoms with E-state index >= 15 is 0 Å². The van der Waals surface area contributed by atoms with Gasteiger partial charge in [-0.2, -0.15) is 0 Å². The second-order valence-electron chi connectivity index (χ2n) is 3.56. The average molecular weight is 212 g/mol. The number of hydrogen-bond donors (Lipinski definition) is 1. The van der Waals surface area contributed by atoms with Crippen LogP contribution in [0.2, 0.25) is 5.02 Å². The van der Waals surface area contributed by atoms with E-state index in [2.05, 4.69) is 5.32 Å². The Balaban J connectivity index is 1.82. The van der Waals surface area contributed by atoms with Gasteiger partial charge in [-0.25, -0.2) is 0 Å². The van der Waals surface area contributed by atoms with Crippen LogP contribution in [-0.2, 0) is 0 Å². The highest BCUT2D eigenvalue weighted by atomic mass is 35.5. The lowest BCUT2D eigenvalue weighted by Crippen LogP contribution is -2.28. The Morgan fingerprint density at radius 2 is 2.14 bits per heavy atom. The maximum absolute atomic E-state index is 5.77. The summed E-state index contributed by atoms with van der Waals surface area (Å²) in [5.74, 6) is 0.892. The third-order valence-electron chi connectivity index (χ3n) is 2.43. The fraction of sp³-hybridized carbons (Fsp3) is 0.455. The average Bonchev–Trinajstić information content (AvgIpc) is 2.70. The summed E-state index contributed by atoms with van der Waals surface area (Å²) in [4.78, 5) is 0. The molecule has 0 spiro atoms. The molecule has 0 amide bonds. The molecule has 0 bridgehead atoms. The Morgan fingerprint density at radius 3 is 2.79 bits per heavy atom. The van der Waals surface area contributed by atoms with Gasteiger partial charge in [0.15, 0.2) is 0 Å². The number of rotatable bonds is 3. The van der Waals surface area contributed by atoms with E-state index in [9.17, 15) is 0 Å². The van der Waals surface area contributed by atoms with Crippen LogP contribution >= 0.6 is 11.6 Å². The van der Waals surface area contributed by atoms with E-state index in [1.54, 1.807) is 0 Å². The van der Waals surface area contributed by atoms with Gasteiger partial charge in [-0.15, -0.1) is 0 Å².